The van der Waals surface area contributed by atoms with Crippen molar-refractivity contribution in [1.29, 1.82) is 5.26 Å². The van der Waals surface area contributed by atoms with Crippen LogP contribution in [0.25, 0.3) is 0 Å². The zero-order valence-electron chi connectivity index (χ0n) is 9.41. The van der Waals surface area contributed by atoms with Crippen LogP contribution in [0.15, 0.2) is 29.0 Å². The van der Waals surface area contributed by atoms with Crippen molar-refractivity contribution in [3.05, 3.63) is 45.3 Å². The number of hydrogen-bond donors (Lipinski definition) is 1. The van der Waals surface area contributed by atoms with Crippen molar-refractivity contribution in [2.45, 2.75) is 6.92 Å². The van der Waals surface area contributed by atoms with Gasteiger partial charge in [-0.15, -0.1) is 0 Å². The minimum atomic E-state index is 0.390. The molecule has 0 bridgehead atoms. The first-order chi connectivity index (χ1) is 8.61. The molecule has 2 rings (SSSR count). The van der Waals surface area contributed by atoms with Gasteiger partial charge in [0, 0.05) is 10.0 Å². The summed E-state index contributed by atoms with van der Waals surface area (Å²) in [5.41, 5.74) is 1.94. The Balaban J connectivity index is 2.43. The molecular weight excluding hydrogens is 316 g/mol. The van der Waals surface area contributed by atoms with Crippen LogP contribution in [0.1, 0.15) is 11.1 Å². The van der Waals surface area contributed by atoms with E-state index in [9.17, 15) is 0 Å². The van der Waals surface area contributed by atoms with Gasteiger partial charge in [-0.25, -0.2) is 9.97 Å². The van der Waals surface area contributed by atoms with Gasteiger partial charge in [0.2, 0.25) is 0 Å². The Hall–Kier alpha value is -1.64. The minimum Gasteiger partial charge on any atom is -0.339 e. The van der Waals surface area contributed by atoms with E-state index in [2.05, 4.69) is 37.3 Å². The highest BCUT2D eigenvalue weighted by Gasteiger charge is 2.08. The molecule has 0 radical (unpaired) electrons. The van der Waals surface area contributed by atoms with Gasteiger partial charge in [-0.2, -0.15) is 5.26 Å². The van der Waals surface area contributed by atoms with E-state index < -0.39 is 0 Å². The zero-order chi connectivity index (χ0) is 13.1. The zero-order valence-corrected chi connectivity index (χ0v) is 11.7. The lowest BCUT2D eigenvalue weighted by Crippen LogP contribution is -2.00. The van der Waals surface area contributed by atoms with Crippen LogP contribution in [0, 0.1) is 18.3 Å². The topological polar surface area (TPSA) is 61.6 Å². The second-order valence-corrected chi connectivity index (χ2v) is 4.84. The van der Waals surface area contributed by atoms with Gasteiger partial charge in [0.15, 0.2) is 0 Å². The number of anilines is 2. The number of halogens is 2. The molecule has 0 saturated heterocycles. The van der Waals surface area contributed by atoms with Crippen molar-refractivity contribution < 1.29 is 0 Å². The summed E-state index contributed by atoms with van der Waals surface area (Å²) < 4.78 is 0.877. The lowest BCUT2D eigenvalue weighted by atomic mass is 10.2. The van der Waals surface area contributed by atoms with Gasteiger partial charge in [0.25, 0.3) is 0 Å². The van der Waals surface area contributed by atoms with Gasteiger partial charge in [-0.3, -0.25) is 0 Å². The van der Waals surface area contributed by atoms with E-state index in [1.54, 1.807) is 6.07 Å². The highest BCUT2D eigenvalue weighted by atomic mass is 79.9. The van der Waals surface area contributed by atoms with Crippen molar-refractivity contribution in [3.63, 3.8) is 0 Å². The molecule has 2 aromatic rings. The number of nitrogens with zero attached hydrogens (tertiary/aromatic N) is 3. The van der Waals surface area contributed by atoms with Crippen LogP contribution in [0.2, 0.25) is 5.15 Å². The van der Waals surface area contributed by atoms with Crippen molar-refractivity contribution in [2.75, 3.05) is 5.32 Å². The lowest BCUT2D eigenvalue weighted by Gasteiger charge is -2.10. The second-order valence-electron chi connectivity index (χ2n) is 3.56. The van der Waals surface area contributed by atoms with Gasteiger partial charge in [-0.1, -0.05) is 27.5 Å². The molecule has 18 heavy (non-hydrogen) atoms. The highest BCUT2D eigenvalue weighted by molar-refractivity contribution is 9.10. The summed E-state index contributed by atoms with van der Waals surface area (Å²) in [5.74, 6) is 0.588. The standard InChI is InChI=1S/C12H8BrClN4/c1-7-11(14)16-6-17-12(7)18-10-4-9(13)3-2-8(10)5-15/h2-4,6H,1H3,(H,16,17,18). The largest absolute Gasteiger partial charge is 0.339 e. The van der Waals surface area contributed by atoms with Gasteiger partial charge < -0.3 is 5.32 Å². The van der Waals surface area contributed by atoms with Crippen LogP contribution in [-0.4, -0.2) is 9.97 Å². The van der Waals surface area contributed by atoms with Crippen LogP contribution in [-0.2, 0) is 0 Å². The van der Waals surface area contributed by atoms with Crippen LogP contribution < -0.4 is 5.32 Å². The normalized spacial score (nSPS) is 9.89. The molecule has 6 heteroatoms. The first-order valence-electron chi connectivity index (χ1n) is 5.05. The molecule has 0 atom stereocenters. The fraction of sp³-hybridized carbons (Fsp3) is 0.0833. The van der Waals surface area contributed by atoms with E-state index in [1.807, 2.05) is 19.1 Å². The van der Waals surface area contributed by atoms with E-state index in [-0.39, 0.29) is 0 Å². The molecular formula is C12H8BrClN4. The summed E-state index contributed by atoms with van der Waals surface area (Å²) in [5, 5.41) is 12.5. The Morgan fingerprint density at radius 2 is 2.17 bits per heavy atom. The van der Waals surface area contributed by atoms with Gasteiger partial charge in [0.1, 0.15) is 23.4 Å². The Labute approximate surface area is 118 Å². The van der Waals surface area contributed by atoms with Crippen molar-refractivity contribution in [1.82, 2.24) is 9.97 Å². The monoisotopic (exact) mass is 322 g/mol. The van der Waals surface area contributed by atoms with Crippen LogP contribution >= 0.6 is 27.5 Å². The SMILES string of the molecule is Cc1c(Cl)ncnc1Nc1cc(Br)ccc1C#N. The van der Waals surface area contributed by atoms with E-state index in [4.69, 9.17) is 16.9 Å². The molecule has 4 nitrogen and oxygen atoms in total. The molecule has 0 spiro atoms. The van der Waals surface area contributed by atoms with Crippen molar-refractivity contribution in [3.8, 4) is 6.07 Å². The molecule has 0 unspecified atom stereocenters. The summed E-state index contributed by atoms with van der Waals surface area (Å²) >= 11 is 9.28. The summed E-state index contributed by atoms with van der Waals surface area (Å²) in [6.45, 7) is 1.81. The predicted molar refractivity (Wildman–Crippen MR) is 73.9 cm³/mol. The molecule has 90 valence electrons. The number of hydrogen-bond acceptors (Lipinski definition) is 4. The average Bonchev–Trinajstić information content (AvgIpc) is 2.35. The fourth-order valence-electron chi connectivity index (χ4n) is 1.40. The van der Waals surface area contributed by atoms with Gasteiger partial charge in [0.05, 0.1) is 11.3 Å². The summed E-state index contributed by atoms with van der Waals surface area (Å²) in [6.07, 6.45) is 1.38. The van der Waals surface area contributed by atoms with Crippen molar-refractivity contribution in [2.24, 2.45) is 0 Å². The molecule has 1 aromatic carbocycles. The third-order valence-corrected chi connectivity index (χ3v) is 3.25. The first kappa shape index (κ1) is 12.8. The molecule has 1 N–H and O–H groups in total. The molecule has 0 fully saturated rings. The van der Waals surface area contributed by atoms with Crippen LogP contribution in [0.4, 0.5) is 11.5 Å². The smallest absolute Gasteiger partial charge is 0.138 e. The minimum absolute atomic E-state index is 0.390. The van der Waals surface area contributed by atoms with Gasteiger partial charge >= 0.3 is 0 Å². The van der Waals surface area contributed by atoms with E-state index in [0.29, 0.717) is 22.2 Å². The van der Waals surface area contributed by atoms with Crippen LogP contribution in [0.3, 0.4) is 0 Å². The molecule has 0 saturated carbocycles. The summed E-state index contributed by atoms with van der Waals surface area (Å²) in [6, 6.07) is 7.47. The second kappa shape index (κ2) is 5.34. The maximum Gasteiger partial charge on any atom is 0.138 e. The van der Waals surface area contributed by atoms with E-state index in [1.165, 1.54) is 6.33 Å². The quantitative estimate of drug-likeness (QED) is 0.854. The third kappa shape index (κ3) is 2.61. The molecule has 0 aliphatic carbocycles. The molecule has 0 aliphatic heterocycles. The number of benzene rings is 1. The molecule has 1 aromatic heterocycles. The fourth-order valence-corrected chi connectivity index (χ4v) is 1.89. The maximum atomic E-state index is 9.05. The van der Waals surface area contributed by atoms with Crippen LogP contribution in [0.5, 0.6) is 0 Å². The third-order valence-electron chi connectivity index (χ3n) is 2.38. The summed E-state index contributed by atoms with van der Waals surface area (Å²) in [4.78, 5) is 7.99. The highest BCUT2D eigenvalue weighted by Crippen LogP contribution is 2.26. The molecule has 1 heterocycles. The van der Waals surface area contributed by atoms with E-state index in [0.717, 1.165) is 10.0 Å². The Kier molecular flexibility index (Phi) is 3.80. The lowest BCUT2D eigenvalue weighted by molar-refractivity contribution is 1.13. The molecule has 0 aliphatic rings. The number of nitrogens with one attached hydrogen (secondary N) is 1. The van der Waals surface area contributed by atoms with Crippen molar-refractivity contribution >= 4 is 39.0 Å². The number of nitriles is 1. The first-order valence-corrected chi connectivity index (χ1v) is 6.22. The van der Waals surface area contributed by atoms with E-state index >= 15 is 0 Å². The maximum absolute atomic E-state index is 9.05. The number of rotatable bonds is 2. The predicted octanol–water partition coefficient (Wildman–Crippen LogP) is 3.82. The Bertz CT molecular complexity index is 636. The average molecular weight is 324 g/mol. The van der Waals surface area contributed by atoms with Gasteiger partial charge in [-0.05, 0) is 25.1 Å². The Morgan fingerprint density at radius 3 is 2.89 bits per heavy atom. The Morgan fingerprint density at radius 1 is 1.39 bits per heavy atom. The summed E-state index contributed by atoms with van der Waals surface area (Å²) in [7, 11) is 0. The molecule has 0 amide bonds. The number of aromatic nitrogens is 2.